The van der Waals surface area contributed by atoms with Crippen LogP contribution in [-0.4, -0.2) is 62.2 Å². The van der Waals surface area contributed by atoms with Crippen molar-refractivity contribution in [2.45, 2.75) is 46.3 Å². The minimum absolute atomic E-state index is 0.0561. The van der Waals surface area contributed by atoms with E-state index in [2.05, 4.69) is 5.32 Å². The van der Waals surface area contributed by atoms with E-state index in [9.17, 15) is 19.5 Å². The molecule has 2 aliphatic rings. The summed E-state index contributed by atoms with van der Waals surface area (Å²) in [6.45, 7) is 7.76. The maximum Gasteiger partial charge on any atom is 0.344 e. The maximum absolute atomic E-state index is 14.5. The van der Waals surface area contributed by atoms with Crippen LogP contribution >= 0.6 is 11.6 Å². The lowest BCUT2D eigenvalue weighted by Crippen LogP contribution is -2.75. The number of ketones is 1. The molecule has 38 heavy (non-hydrogen) atoms. The van der Waals surface area contributed by atoms with Crippen molar-refractivity contribution in [3.05, 3.63) is 58.6 Å². The molecule has 204 valence electrons. The lowest BCUT2D eigenvalue weighted by Gasteiger charge is -2.51. The number of hydrogen-bond acceptors (Lipinski definition) is 6. The van der Waals surface area contributed by atoms with Crippen LogP contribution in [0, 0.1) is 10.8 Å². The number of rotatable bonds is 6. The Hall–Kier alpha value is -2.78. The van der Waals surface area contributed by atoms with Gasteiger partial charge in [-0.05, 0) is 25.1 Å². The highest BCUT2D eigenvalue weighted by molar-refractivity contribution is 6.30. The average Bonchev–Trinajstić information content (AvgIpc) is 2.97. The first-order valence-electron chi connectivity index (χ1n) is 12.8. The summed E-state index contributed by atoms with van der Waals surface area (Å²) in [5, 5.41) is 14.1. The fourth-order valence-corrected chi connectivity index (χ4v) is 6.50. The summed E-state index contributed by atoms with van der Waals surface area (Å²) < 4.78 is 11.6. The topological polar surface area (TPSA) is 102 Å². The molecule has 4 atom stereocenters. The van der Waals surface area contributed by atoms with Gasteiger partial charge < -0.3 is 19.9 Å². The number of halogens is 1. The van der Waals surface area contributed by atoms with E-state index in [0.717, 1.165) is 5.56 Å². The highest BCUT2D eigenvalue weighted by atomic mass is 35.5. The third kappa shape index (κ3) is 4.64. The van der Waals surface area contributed by atoms with Gasteiger partial charge in [0.05, 0.1) is 13.7 Å². The van der Waals surface area contributed by atoms with E-state index < -0.39 is 34.7 Å². The lowest BCUT2D eigenvalue weighted by molar-refractivity contribution is -0.164. The standard InChI is InChI=1S/C29H35ClN2O6/c1-18(33)29(27(35)36)16-31-13-12-24(29)32(17-28(2,3)4)22-11-10-19(30)14-21(22)26(38-15-25(32)34)20-8-6-7-9-23(20)37-5/h6-11,14,24,26,31H,12-13,15-17H2,1-5H3/p+1/t24-,26?,29+,32?/m1/s1. The molecule has 1 fully saturated rings. The van der Waals surface area contributed by atoms with E-state index in [4.69, 9.17) is 21.1 Å². The summed E-state index contributed by atoms with van der Waals surface area (Å²) in [4.78, 5) is 40.7. The third-order valence-electron chi connectivity index (χ3n) is 7.77. The number of aliphatic carboxylic acids is 1. The number of hydrogen-bond donors (Lipinski definition) is 2. The highest BCUT2D eigenvalue weighted by Gasteiger charge is 2.65. The van der Waals surface area contributed by atoms with E-state index in [1.165, 1.54) is 6.92 Å². The van der Waals surface area contributed by atoms with Gasteiger partial charge in [-0.1, -0.05) is 50.6 Å². The van der Waals surface area contributed by atoms with Crippen molar-refractivity contribution in [2.24, 2.45) is 10.8 Å². The average molecular weight is 544 g/mol. The maximum atomic E-state index is 14.5. The second-order valence-electron chi connectivity index (χ2n) is 11.4. The fraction of sp³-hybridized carbons (Fsp3) is 0.483. The number of nitrogens with one attached hydrogen (secondary N) is 1. The second-order valence-corrected chi connectivity index (χ2v) is 11.9. The number of nitrogens with zero attached hydrogens (tertiary/aromatic N) is 1. The number of quaternary nitrogens is 1. The summed E-state index contributed by atoms with van der Waals surface area (Å²) >= 11 is 6.52. The Bertz CT molecular complexity index is 1240. The van der Waals surface area contributed by atoms with Crippen LogP contribution in [0.1, 0.15) is 51.3 Å². The number of ether oxygens (including phenoxy) is 2. The van der Waals surface area contributed by atoms with Crippen molar-refractivity contribution < 1.29 is 29.0 Å². The summed E-state index contributed by atoms with van der Waals surface area (Å²) in [5.74, 6) is -1.41. The first kappa shape index (κ1) is 28.2. The number of methoxy groups -OCH3 is 1. The molecule has 2 unspecified atom stereocenters. The summed E-state index contributed by atoms with van der Waals surface area (Å²) in [6.07, 6.45) is -0.378. The monoisotopic (exact) mass is 543 g/mol. The van der Waals surface area contributed by atoms with Crippen LogP contribution in [0.5, 0.6) is 5.75 Å². The molecule has 2 aliphatic heterocycles. The molecule has 1 amide bonds. The van der Waals surface area contributed by atoms with Crippen molar-refractivity contribution in [3.8, 4) is 5.75 Å². The largest absolute Gasteiger partial charge is 0.496 e. The predicted molar refractivity (Wildman–Crippen MR) is 145 cm³/mol. The van der Waals surface area contributed by atoms with Crippen molar-refractivity contribution in [2.75, 3.05) is 33.4 Å². The number of carbonyl (C=O) groups excluding carboxylic acids is 2. The summed E-state index contributed by atoms with van der Waals surface area (Å²) in [6, 6.07) is 11.9. The zero-order valence-electron chi connectivity index (χ0n) is 22.5. The van der Waals surface area contributed by atoms with E-state index in [0.29, 0.717) is 35.0 Å². The van der Waals surface area contributed by atoms with Crippen LogP contribution in [0.2, 0.25) is 5.02 Å². The molecule has 0 spiro atoms. The molecule has 8 nitrogen and oxygen atoms in total. The van der Waals surface area contributed by atoms with Gasteiger partial charge in [-0.3, -0.25) is 9.59 Å². The minimum atomic E-state index is -1.81. The number of carboxylic acids is 1. The molecule has 0 saturated carbocycles. The Morgan fingerprint density at radius 3 is 2.55 bits per heavy atom. The second kappa shape index (κ2) is 10.4. The Balaban J connectivity index is 2.09. The van der Waals surface area contributed by atoms with Crippen molar-refractivity contribution in [1.29, 1.82) is 0 Å². The number of Topliss-reactive ketones (excluding diaryl/α,β-unsaturated/α-hetero) is 1. The number of para-hydroxylation sites is 1. The van der Waals surface area contributed by atoms with Gasteiger partial charge in [-0.2, -0.15) is 0 Å². The summed E-state index contributed by atoms with van der Waals surface area (Å²) in [5.41, 5.74) is -0.244. The van der Waals surface area contributed by atoms with Gasteiger partial charge in [0.25, 0.3) is 0 Å². The van der Waals surface area contributed by atoms with E-state index >= 15 is 0 Å². The molecule has 0 aliphatic carbocycles. The molecule has 2 heterocycles. The van der Waals surface area contributed by atoms with Crippen LogP contribution in [0.4, 0.5) is 5.69 Å². The van der Waals surface area contributed by atoms with E-state index in [-0.39, 0.29) is 30.1 Å². The predicted octanol–water partition coefficient (Wildman–Crippen LogP) is 4.37. The molecular formula is C29H36ClN2O6+. The van der Waals surface area contributed by atoms with Crippen LogP contribution in [0.3, 0.4) is 0 Å². The smallest absolute Gasteiger partial charge is 0.344 e. The Labute approximate surface area is 228 Å². The Kier molecular flexibility index (Phi) is 7.74. The van der Waals surface area contributed by atoms with Crippen LogP contribution in [0.15, 0.2) is 42.5 Å². The quantitative estimate of drug-likeness (QED) is 0.412. The van der Waals surface area contributed by atoms with Crippen LogP contribution < -0.4 is 14.5 Å². The number of piperidine rings is 1. The first-order chi connectivity index (χ1) is 17.9. The number of benzene rings is 2. The van der Waals surface area contributed by atoms with Crippen LogP contribution in [0.25, 0.3) is 0 Å². The number of amides is 1. The number of carboxylic acid groups (broad SMARTS) is 1. The summed E-state index contributed by atoms with van der Waals surface area (Å²) in [7, 11) is 1.57. The normalized spacial score (nSPS) is 27.8. The Morgan fingerprint density at radius 2 is 1.92 bits per heavy atom. The molecule has 2 aromatic rings. The molecule has 2 aromatic carbocycles. The van der Waals surface area contributed by atoms with E-state index in [1.54, 1.807) is 25.3 Å². The van der Waals surface area contributed by atoms with Crippen LogP contribution in [-0.2, 0) is 19.1 Å². The van der Waals surface area contributed by atoms with Crippen molar-refractivity contribution in [3.63, 3.8) is 0 Å². The molecule has 2 N–H and O–H groups in total. The molecule has 0 aromatic heterocycles. The zero-order valence-corrected chi connectivity index (χ0v) is 23.3. The number of carbonyl (C=O) groups is 3. The highest BCUT2D eigenvalue weighted by Crippen LogP contribution is 2.49. The SMILES string of the molecule is COc1ccccc1C1OCC(=O)[N+](CC(C)(C)C)([C@@H]2CCNC[C@@]2(C(C)=O)C(=O)O)c2ccc(Cl)cc21. The molecular weight excluding hydrogens is 508 g/mol. The van der Waals surface area contributed by atoms with Crippen molar-refractivity contribution >= 4 is 34.9 Å². The lowest BCUT2D eigenvalue weighted by atomic mass is 9.70. The van der Waals surface area contributed by atoms with Gasteiger partial charge in [0, 0.05) is 47.1 Å². The van der Waals surface area contributed by atoms with Gasteiger partial charge >= 0.3 is 11.9 Å². The van der Waals surface area contributed by atoms with Gasteiger partial charge in [0.15, 0.2) is 17.8 Å². The van der Waals surface area contributed by atoms with E-state index in [1.807, 2.05) is 45.0 Å². The van der Waals surface area contributed by atoms with Gasteiger partial charge in [-0.15, -0.1) is 0 Å². The molecule has 9 heteroatoms. The van der Waals surface area contributed by atoms with Crippen molar-refractivity contribution in [1.82, 2.24) is 9.80 Å². The molecule has 4 rings (SSSR count). The molecule has 1 saturated heterocycles. The van der Waals surface area contributed by atoms with Gasteiger partial charge in [0.2, 0.25) is 0 Å². The number of fused-ring (bicyclic) bond motifs is 1. The van der Waals surface area contributed by atoms with Gasteiger partial charge in [0.1, 0.15) is 23.6 Å². The Morgan fingerprint density at radius 1 is 1.21 bits per heavy atom. The molecule has 0 radical (unpaired) electrons. The minimum Gasteiger partial charge on any atom is -0.496 e. The van der Waals surface area contributed by atoms with Gasteiger partial charge in [-0.25, -0.2) is 9.28 Å². The first-order valence-corrected chi connectivity index (χ1v) is 13.2. The zero-order chi connectivity index (χ0) is 27.9. The third-order valence-corrected chi connectivity index (χ3v) is 8.01. The molecule has 0 bridgehead atoms. The fourth-order valence-electron chi connectivity index (χ4n) is 6.32.